The van der Waals surface area contributed by atoms with Crippen molar-refractivity contribution in [3.05, 3.63) is 24.5 Å². The van der Waals surface area contributed by atoms with Gasteiger partial charge in [-0.05, 0) is 44.5 Å². The minimum atomic E-state index is -3.70. The van der Waals surface area contributed by atoms with Gasteiger partial charge in [-0.2, -0.15) is 4.31 Å². The van der Waals surface area contributed by atoms with Gasteiger partial charge in [0.25, 0.3) is 0 Å². The van der Waals surface area contributed by atoms with Crippen molar-refractivity contribution < 1.29 is 13.2 Å². The highest BCUT2D eigenvalue weighted by molar-refractivity contribution is 7.89. The molecule has 24 heavy (non-hydrogen) atoms. The van der Waals surface area contributed by atoms with E-state index in [-0.39, 0.29) is 23.4 Å². The first-order chi connectivity index (χ1) is 11.5. The molecule has 0 spiro atoms. The van der Waals surface area contributed by atoms with Crippen LogP contribution in [-0.4, -0.2) is 67.8 Å². The molecule has 0 bridgehead atoms. The van der Waals surface area contributed by atoms with Crippen molar-refractivity contribution in [2.75, 3.05) is 33.2 Å². The lowest BCUT2D eigenvalue weighted by molar-refractivity contribution is -0.134. The fourth-order valence-corrected chi connectivity index (χ4v) is 4.00. The van der Waals surface area contributed by atoms with Crippen LogP contribution in [0.3, 0.4) is 0 Å². The molecule has 1 aromatic heterocycles. The molecule has 2 heterocycles. The van der Waals surface area contributed by atoms with Gasteiger partial charge >= 0.3 is 0 Å². The number of carbonyl (C=O) groups is 1. The van der Waals surface area contributed by atoms with Crippen molar-refractivity contribution in [3.8, 4) is 0 Å². The van der Waals surface area contributed by atoms with E-state index in [0.29, 0.717) is 6.54 Å². The predicted molar refractivity (Wildman–Crippen MR) is 91.9 cm³/mol. The Balaban J connectivity index is 2.08. The van der Waals surface area contributed by atoms with E-state index < -0.39 is 10.0 Å². The van der Waals surface area contributed by atoms with Crippen LogP contribution >= 0.6 is 0 Å². The number of nitrogens with zero attached hydrogens (tertiary/aromatic N) is 3. The summed E-state index contributed by atoms with van der Waals surface area (Å²) in [6.07, 6.45) is 5.49. The number of amides is 1. The Labute approximate surface area is 144 Å². The lowest BCUT2D eigenvalue weighted by Crippen LogP contribution is -2.49. The molecule has 1 N–H and O–H groups in total. The average molecular weight is 354 g/mol. The minimum absolute atomic E-state index is 0.101. The maximum Gasteiger partial charge on any atom is 0.244 e. The second-order valence-corrected chi connectivity index (χ2v) is 8.06. The molecule has 1 aliphatic heterocycles. The Bertz CT molecular complexity index is 630. The van der Waals surface area contributed by atoms with Gasteiger partial charge in [-0.1, -0.05) is 6.92 Å². The number of nitrogens with one attached hydrogen (secondary N) is 1. The SMILES string of the molecule is CCCN(C(=O)CN(C)S(=O)(=O)c1cccnc1)C1CCNCC1. The molecule has 0 atom stereocenters. The topological polar surface area (TPSA) is 82.6 Å². The fourth-order valence-electron chi connectivity index (χ4n) is 2.92. The van der Waals surface area contributed by atoms with Gasteiger partial charge in [0.15, 0.2) is 0 Å². The third kappa shape index (κ3) is 4.52. The van der Waals surface area contributed by atoms with Crippen molar-refractivity contribution in [1.82, 2.24) is 19.5 Å². The summed E-state index contributed by atoms with van der Waals surface area (Å²) in [6.45, 7) is 4.31. The highest BCUT2D eigenvalue weighted by Gasteiger charge is 2.29. The second-order valence-electron chi connectivity index (χ2n) is 6.02. The Kier molecular flexibility index (Phi) is 6.70. The predicted octanol–water partition coefficient (Wildman–Crippen LogP) is 0.693. The van der Waals surface area contributed by atoms with Crippen molar-refractivity contribution in [1.29, 1.82) is 0 Å². The molecule has 1 amide bonds. The smallest absolute Gasteiger partial charge is 0.244 e. The van der Waals surface area contributed by atoms with Crippen LogP contribution in [0.5, 0.6) is 0 Å². The average Bonchev–Trinajstić information content (AvgIpc) is 2.61. The Morgan fingerprint density at radius 3 is 2.67 bits per heavy atom. The summed E-state index contributed by atoms with van der Waals surface area (Å²) in [5.41, 5.74) is 0. The zero-order valence-electron chi connectivity index (χ0n) is 14.3. The van der Waals surface area contributed by atoms with E-state index in [1.54, 1.807) is 6.07 Å². The van der Waals surface area contributed by atoms with Crippen LogP contribution in [0.2, 0.25) is 0 Å². The summed E-state index contributed by atoms with van der Waals surface area (Å²) in [6, 6.07) is 3.24. The summed E-state index contributed by atoms with van der Waals surface area (Å²) < 4.78 is 26.2. The van der Waals surface area contributed by atoms with E-state index in [9.17, 15) is 13.2 Å². The number of aromatic nitrogens is 1. The monoisotopic (exact) mass is 354 g/mol. The molecular formula is C16H26N4O3S. The number of rotatable bonds is 7. The Morgan fingerprint density at radius 1 is 1.38 bits per heavy atom. The maximum atomic E-state index is 12.7. The van der Waals surface area contributed by atoms with Crippen molar-refractivity contribution >= 4 is 15.9 Å². The van der Waals surface area contributed by atoms with E-state index in [2.05, 4.69) is 10.3 Å². The second kappa shape index (κ2) is 8.55. The molecule has 0 aliphatic carbocycles. The van der Waals surface area contributed by atoms with Crippen LogP contribution in [0.1, 0.15) is 26.2 Å². The van der Waals surface area contributed by atoms with Crippen molar-refractivity contribution in [3.63, 3.8) is 0 Å². The van der Waals surface area contributed by atoms with Crippen LogP contribution in [0.15, 0.2) is 29.4 Å². The molecule has 1 saturated heterocycles. The third-order valence-corrected chi connectivity index (χ3v) is 6.02. The lowest BCUT2D eigenvalue weighted by Gasteiger charge is -2.35. The molecule has 1 aliphatic rings. The van der Waals surface area contributed by atoms with Gasteiger partial charge in [-0.3, -0.25) is 9.78 Å². The number of piperidine rings is 1. The van der Waals surface area contributed by atoms with Crippen LogP contribution in [0.25, 0.3) is 0 Å². The number of likely N-dealkylation sites (N-methyl/N-ethyl adjacent to an activating group) is 1. The molecule has 1 fully saturated rings. The fraction of sp³-hybridized carbons (Fsp3) is 0.625. The van der Waals surface area contributed by atoms with Crippen LogP contribution in [0, 0.1) is 0 Å². The van der Waals surface area contributed by atoms with Gasteiger partial charge in [0.1, 0.15) is 4.90 Å². The molecule has 7 nitrogen and oxygen atoms in total. The van der Waals surface area contributed by atoms with E-state index >= 15 is 0 Å². The minimum Gasteiger partial charge on any atom is -0.338 e. The molecule has 0 saturated carbocycles. The van der Waals surface area contributed by atoms with Crippen LogP contribution < -0.4 is 5.32 Å². The molecule has 8 heteroatoms. The summed E-state index contributed by atoms with van der Waals surface area (Å²) in [5.74, 6) is -0.140. The molecule has 1 aromatic rings. The Morgan fingerprint density at radius 2 is 2.08 bits per heavy atom. The van der Waals surface area contributed by atoms with E-state index in [0.717, 1.165) is 36.7 Å². The van der Waals surface area contributed by atoms with Gasteiger partial charge < -0.3 is 10.2 Å². The van der Waals surface area contributed by atoms with Crippen LogP contribution in [0.4, 0.5) is 0 Å². The van der Waals surface area contributed by atoms with Gasteiger partial charge in [0.05, 0.1) is 6.54 Å². The van der Waals surface area contributed by atoms with Crippen molar-refractivity contribution in [2.24, 2.45) is 0 Å². The highest BCUT2D eigenvalue weighted by Crippen LogP contribution is 2.16. The maximum absolute atomic E-state index is 12.7. The van der Waals surface area contributed by atoms with E-state index in [1.807, 2.05) is 11.8 Å². The Hall–Kier alpha value is -1.51. The summed E-state index contributed by atoms with van der Waals surface area (Å²) >= 11 is 0. The number of carbonyl (C=O) groups excluding carboxylic acids is 1. The number of hydrogen-bond acceptors (Lipinski definition) is 5. The highest BCUT2D eigenvalue weighted by atomic mass is 32.2. The normalized spacial score (nSPS) is 16.3. The molecular weight excluding hydrogens is 328 g/mol. The molecule has 2 rings (SSSR count). The standard InChI is InChI=1S/C16H26N4O3S/c1-3-11-20(14-6-9-17-10-7-14)16(21)13-19(2)24(22,23)15-5-4-8-18-12-15/h4-5,8,12,14,17H,3,6-7,9-11,13H2,1-2H3. The largest absolute Gasteiger partial charge is 0.338 e. The lowest BCUT2D eigenvalue weighted by atomic mass is 10.0. The van der Waals surface area contributed by atoms with E-state index in [4.69, 9.17) is 0 Å². The zero-order valence-corrected chi connectivity index (χ0v) is 15.1. The number of sulfonamides is 1. The third-order valence-electron chi connectivity index (χ3n) is 4.23. The first-order valence-corrected chi connectivity index (χ1v) is 9.77. The summed E-state index contributed by atoms with van der Waals surface area (Å²) in [4.78, 5) is 18.5. The number of pyridine rings is 1. The van der Waals surface area contributed by atoms with Gasteiger partial charge in [-0.15, -0.1) is 0 Å². The first-order valence-electron chi connectivity index (χ1n) is 8.33. The van der Waals surface area contributed by atoms with Gasteiger partial charge in [0.2, 0.25) is 15.9 Å². The first kappa shape index (κ1) is 18.8. The quantitative estimate of drug-likeness (QED) is 0.779. The van der Waals surface area contributed by atoms with E-state index in [1.165, 1.54) is 25.5 Å². The molecule has 134 valence electrons. The zero-order chi connectivity index (χ0) is 17.6. The van der Waals surface area contributed by atoms with Crippen molar-refractivity contribution in [2.45, 2.75) is 37.1 Å². The molecule has 0 unspecified atom stereocenters. The summed E-state index contributed by atoms with van der Waals surface area (Å²) in [7, 11) is -2.26. The van der Waals surface area contributed by atoms with Gasteiger partial charge in [0, 0.05) is 32.0 Å². The van der Waals surface area contributed by atoms with Gasteiger partial charge in [-0.25, -0.2) is 8.42 Å². The number of hydrogen-bond donors (Lipinski definition) is 1. The summed E-state index contributed by atoms with van der Waals surface area (Å²) in [5, 5.41) is 3.29. The molecule has 0 aromatic carbocycles. The molecule has 0 radical (unpaired) electrons. The van der Waals surface area contributed by atoms with Crippen LogP contribution in [-0.2, 0) is 14.8 Å².